The Bertz CT molecular complexity index is 477. The Hall–Kier alpha value is -1.71. The minimum Gasteiger partial charge on any atom is -0.313 e. The van der Waals surface area contributed by atoms with Gasteiger partial charge < -0.3 is 4.57 Å². The molecule has 0 saturated heterocycles. The normalized spacial score (nSPS) is 11.0. The molecule has 1 heterocycles. The van der Waals surface area contributed by atoms with Gasteiger partial charge in [0.15, 0.2) is 5.82 Å². The molecule has 0 saturated carbocycles. The zero-order chi connectivity index (χ0) is 11.5. The fourth-order valence-electron chi connectivity index (χ4n) is 1.63. The zero-order valence-electron chi connectivity index (χ0n) is 9.39. The lowest BCUT2D eigenvalue weighted by Crippen LogP contribution is -2.05. The molecule has 1 aromatic carbocycles. The van der Waals surface area contributed by atoms with Crippen molar-refractivity contribution in [2.24, 2.45) is 5.92 Å². The molecule has 84 valence electrons. The third kappa shape index (κ3) is 2.27. The van der Waals surface area contributed by atoms with E-state index in [4.69, 9.17) is 0 Å². The molecule has 0 aliphatic heterocycles. The molecular formula is C12H14FN3. The molecule has 0 atom stereocenters. The first-order valence-corrected chi connectivity index (χ1v) is 5.30. The number of nitrogens with zero attached hydrogens (tertiary/aromatic N) is 3. The fraction of sp³-hybridized carbons (Fsp3) is 0.333. The first-order chi connectivity index (χ1) is 7.66. The summed E-state index contributed by atoms with van der Waals surface area (Å²) < 4.78 is 15.0. The van der Waals surface area contributed by atoms with Gasteiger partial charge in [0.1, 0.15) is 12.1 Å². The first-order valence-electron chi connectivity index (χ1n) is 5.30. The number of aromatic nitrogens is 3. The minimum atomic E-state index is -0.253. The van der Waals surface area contributed by atoms with E-state index >= 15 is 0 Å². The highest BCUT2D eigenvalue weighted by molar-refractivity contribution is 5.54. The lowest BCUT2D eigenvalue weighted by atomic mass is 10.2. The van der Waals surface area contributed by atoms with E-state index in [9.17, 15) is 4.39 Å². The van der Waals surface area contributed by atoms with Gasteiger partial charge in [-0.05, 0) is 18.1 Å². The Morgan fingerprint density at radius 1 is 1.38 bits per heavy atom. The molecule has 0 radical (unpaired) electrons. The molecule has 3 nitrogen and oxygen atoms in total. The number of hydrogen-bond acceptors (Lipinski definition) is 2. The SMILES string of the molecule is CC(C)Cn1cnnc1-c1cccc(F)c1. The second-order valence-corrected chi connectivity index (χ2v) is 4.21. The van der Waals surface area contributed by atoms with Crippen molar-refractivity contribution in [3.63, 3.8) is 0 Å². The van der Waals surface area contributed by atoms with Crippen LogP contribution in [0.5, 0.6) is 0 Å². The van der Waals surface area contributed by atoms with E-state index in [1.54, 1.807) is 12.4 Å². The van der Waals surface area contributed by atoms with E-state index in [-0.39, 0.29) is 5.82 Å². The Balaban J connectivity index is 2.37. The topological polar surface area (TPSA) is 30.7 Å². The van der Waals surface area contributed by atoms with E-state index in [1.807, 2.05) is 10.6 Å². The van der Waals surface area contributed by atoms with Crippen LogP contribution in [0.15, 0.2) is 30.6 Å². The first kappa shape index (κ1) is 10.8. The zero-order valence-corrected chi connectivity index (χ0v) is 9.39. The molecule has 2 rings (SSSR count). The standard InChI is InChI=1S/C12H14FN3/c1-9(2)7-16-8-14-15-12(16)10-4-3-5-11(13)6-10/h3-6,8-9H,7H2,1-2H3. The molecule has 1 aromatic heterocycles. The molecule has 0 aliphatic carbocycles. The van der Waals surface area contributed by atoms with Crippen molar-refractivity contribution in [3.8, 4) is 11.4 Å². The Labute approximate surface area is 93.9 Å². The number of benzene rings is 1. The summed E-state index contributed by atoms with van der Waals surface area (Å²) in [6.45, 7) is 5.07. The number of hydrogen-bond donors (Lipinski definition) is 0. The molecule has 16 heavy (non-hydrogen) atoms. The van der Waals surface area contributed by atoms with Gasteiger partial charge in [-0.3, -0.25) is 0 Å². The average Bonchev–Trinajstić information content (AvgIpc) is 2.65. The molecule has 0 unspecified atom stereocenters. The molecule has 0 N–H and O–H groups in total. The predicted octanol–water partition coefficient (Wildman–Crippen LogP) is 2.74. The van der Waals surface area contributed by atoms with Gasteiger partial charge in [0.05, 0.1) is 0 Å². The molecule has 4 heteroatoms. The third-order valence-electron chi connectivity index (χ3n) is 2.26. The number of rotatable bonds is 3. The molecule has 0 amide bonds. The van der Waals surface area contributed by atoms with Crippen LogP contribution in [0.3, 0.4) is 0 Å². The van der Waals surface area contributed by atoms with Crippen molar-refractivity contribution < 1.29 is 4.39 Å². The smallest absolute Gasteiger partial charge is 0.163 e. The monoisotopic (exact) mass is 219 g/mol. The lowest BCUT2D eigenvalue weighted by molar-refractivity contribution is 0.525. The Morgan fingerprint density at radius 3 is 2.88 bits per heavy atom. The van der Waals surface area contributed by atoms with Gasteiger partial charge in [-0.25, -0.2) is 4.39 Å². The van der Waals surface area contributed by atoms with E-state index in [1.165, 1.54) is 12.1 Å². The summed E-state index contributed by atoms with van der Waals surface area (Å²) in [6, 6.07) is 6.41. The third-order valence-corrected chi connectivity index (χ3v) is 2.26. The summed E-state index contributed by atoms with van der Waals surface area (Å²) in [7, 11) is 0. The van der Waals surface area contributed by atoms with Gasteiger partial charge in [-0.15, -0.1) is 10.2 Å². The highest BCUT2D eigenvalue weighted by Crippen LogP contribution is 2.18. The minimum absolute atomic E-state index is 0.253. The van der Waals surface area contributed by atoms with Crippen molar-refractivity contribution in [1.29, 1.82) is 0 Å². The highest BCUT2D eigenvalue weighted by atomic mass is 19.1. The summed E-state index contributed by atoms with van der Waals surface area (Å²) in [4.78, 5) is 0. The Kier molecular flexibility index (Phi) is 2.99. The van der Waals surface area contributed by atoms with E-state index in [0.717, 1.165) is 12.1 Å². The van der Waals surface area contributed by atoms with Crippen LogP contribution in [0.4, 0.5) is 4.39 Å². The van der Waals surface area contributed by atoms with Gasteiger partial charge >= 0.3 is 0 Å². The Morgan fingerprint density at radius 2 is 2.19 bits per heavy atom. The molecular weight excluding hydrogens is 205 g/mol. The average molecular weight is 219 g/mol. The quantitative estimate of drug-likeness (QED) is 0.794. The van der Waals surface area contributed by atoms with Crippen LogP contribution in [0.25, 0.3) is 11.4 Å². The van der Waals surface area contributed by atoms with Gasteiger partial charge in [0.25, 0.3) is 0 Å². The van der Waals surface area contributed by atoms with Crippen molar-refractivity contribution in [3.05, 3.63) is 36.4 Å². The van der Waals surface area contributed by atoms with Crippen LogP contribution in [-0.4, -0.2) is 14.8 Å². The molecule has 0 fully saturated rings. The second kappa shape index (κ2) is 4.43. The summed E-state index contributed by atoms with van der Waals surface area (Å²) in [5.74, 6) is 0.966. The van der Waals surface area contributed by atoms with Crippen molar-refractivity contribution in [1.82, 2.24) is 14.8 Å². The van der Waals surface area contributed by atoms with E-state index in [2.05, 4.69) is 24.0 Å². The lowest BCUT2D eigenvalue weighted by Gasteiger charge is -2.08. The maximum atomic E-state index is 13.1. The summed E-state index contributed by atoms with van der Waals surface area (Å²) in [5, 5.41) is 7.90. The van der Waals surface area contributed by atoms with E-state index < -0.39 is 0 Å². The summed E-state index contributed by atoms with van der Waals surface area (Å²) in [6.07, 6.45) is 1.68. The van der Waals surface area contributed by atoms with E-state index in [0.29, 0.717) is 11.7 Å². The van der Waals surface area contributed by atoms with Gasteiger partial charge in [-0.1, -0.05) is 26.0 Å². The van der Waals surface area contributed by atoms with Crippen LogP contribution >= 0.6 is 0 Å². The van der Waals surface area contributed by atoms with Crippen molar-refractivity contribution in [2.75, 3.05) is 0 Å². The predicted molar refractivity (Wildman–Crippen MR) is 60.3 cm³/mol. The maximum Gasteiger partial charge on any atom is 0.163 e. The van der Waals surface area contributed by atoms with Gasteiger partial charge in [0, 0.05) is 12.1 Å². The summed E-state index contributed by atoms with van der Waals surface area (Å²) in [5.41, 5.74) is 0.762. The second-order valence-electron chi connectivity index (χ2n) is 4.21. The fourth-order valence-corrected chi connectivity index (χ4v) is 1.63. The van der Waals surface area contributed by atoms with Crippen LogP contribution in [0.2, 0.25) is 0 Å². The van der Waals surface area contributed by atoms with Gasteiger partial charge in [-0.2, -0.15) is 0 Å². The number of halogens is 1. The largest absolute Gasteiger partial charge is 0.313 e. The van der Waals surface area contributed by atoms with Crippen LogP contribution in [0.1, 0.15) is 13.8 Å². The summed E-state index contributed by atoms with van der Waals surface area (Å²) >= 11 is 0. The molecule has 0 spiro atoms. The van der Waals surface area contributed by atoms with Gasteiger partial charge in [0.2, 0.25) is 0 Å². The maximum absolute atomic E-state index is 13.1. The van der Waals surface area contributed by atoms with Crippen LogP contribution in [-0.2, 0) is 6.54 Å². The van der Waals surface area contributed by atoms with Crippen molar-refractivity contribution >= 4 is 0 Å². The highest BCUT2D eigenvalue weighted by Gasteiger charge is 2.08. The van der Waals surface area contributed by atoms with Crippen molar-refractivity contribution in [2.45, 2.75) is 20.4 Å². The molecule has 0 bridgehead atoms. The van der Waals surface area contributed by atoms with Crippen LogP contribution in [0, 0.1) is 11.7 Å². The molecule has 0 aliphatic rings. The molecule has 2 aromatic rings. The van der Waals surface area contributed by atoms with Crippen LogP contribution < -0.4 is 0 Å².